The first-order valence-electron chi connectivity index (χ1n) is 6.82. The zero-order valence-electron chi connectivity index (χ0n) is 10.7. The Bertz CT molecular complexity index is 373. The molecule has 1 aromatic rings. The van der Waals surface area contributed by atoms with E-state index in [1.54, 1.807) is 6.07 Å². The Hall–Kier alpha value is -0.730. The van der Waals surface area contributed by atoms with Gasteiger partial charge in [0.15, 0.2) is 0 Å². The van der Waals surface area contributed by atoms with Crippen molar-refractivity contribution >= 4 is 11.6 Å². The molecule has 1 N–H and O–H groups in total. The topological polar surface area (TPSA) is 29.5 Å². The number of aliphatic hydroxyl groups excluding tert-OH is 1. The minimum atomic E-state index is -0.0710. The molecule has 100 valence electrons. The van der Waals surface area contributed by atoms with E-state index < -0.39 is 0 Å². The average molecular weight is 269 g/mol. The van der Waals surface area contributed by atoms with E-state index in [1.165, 1.54) is 32.1 Å². The molecule has 3 heteroatoms. The molecule has 0 spiro atoms. The zero-order chi connectivity index (χ0) is 12.8. The highest BCUT2D eigenvalue weighted by Gasteiger charge is 2.14. The van der Waals surface area contributed by atoms with Crippen molar-refractivity contribution < 1.29 is 9.84 Å². The number of rotatable bonds is 5. The number of hydrogen-bond donors (Lipinski definition) is 1. The summed E-state index contributed by atoms with van der Waals surface area (Å²) >= 11 is 6.02. The summed E-state index contributed by atoms with van der Waals surface area (Å²) in [5, 5.41) is 9.86. The molecule has 18 heavy (non-hydrogen) atoms. The van der Waals surface area contributed by atoms with Gasteiger partial charge < -0.3 is 9.84 Å². The maximum Gasteiger partial charge on any atom is 0.126 e. The van der Waals surface area contributed by atoms with Gasteiger partial charge in [0.1, 0.15) is 5.75 Å². The second-order valence-corrected chi connectivity index (χ2v) is 5.42. The smallest absolute Gasteiger partial charge is 0.126 e. The van der Waals surface area contributed by atoms with Crippen molar-refractivity contribution in [3.05, 3.63) is 28.8 Å². The van der Waals surface area contributed by atoms with Crippen LogP contribution in [0.1, 0.15) is 44.1 Å². The van der Waals surface area contributed by atoms with Crippen LogP contribution < -0.4 is 4.74 Å². The Balaban J connectivity index is 1.84. The molecule has 0 heterocycles. The highest BCUT2D eigenvalue weighted by Crippen LogP contribution is 2.29. The number of aliphatic hydroxyl groups is 1. The third-order valence-electron chi connectivity index (χ3n) is 3.74. The first kappa shape index (κ1) is 13.7. The number of benzene rings is 1. The van der Waals surface area contributed by atoms with Crippen LogP contribution in [0.5, 0.6) is 5.75 Å². The van der Waals surface area contributed by atoms with E-state index in [1.807, 2.05) is 12.1 Å². The molecule has 1 fully saturated rings. The fourth-order valence-corrected chi connectivity index (χ4v) is 2.86. The van der Waals surface area contributed by atoms with Gasteiger partial charge in [0.25, 0.3) is 0 Å². The molecule has 0 saturated heterocycles. The van der Waals surface area contributed by atoms with Crippen molar-refractivity contribution in [3.8, 4) is 5.75 Å². The maximum atomic E-state index is 9.28. The van der Waals surface area contributed by atoms with Gasteiger partial charge in [0, 0.05) is 10.6 Å². The Kier molecular flexibility index (Phi) is 5.33. The summed E-state index contributed by atoms with van der Waals surface area (Å²) in [6.07, 6.45) is 7.91. The lowest BCUT2D eigenvalue weighted by atomic mass is 9.87. The highest BCUT2D eigenvalue weighted by molar-refractivity contribution is 6.31. The van der Waals surface area contributed by atoms with Gasteiger partial charge in [0.2, 0.25) is 0 Å². The molecule has 1 aliphatic carbocycles. The van der Waals surface area contributed by atoms with E-state index in [4.69, 9.17) is 16.3 Å². The Morgan fingerprint density at radius 1 is 1.22 bits per heavy atom. The van der Waals surface area contributed by atoms with Crippen molar-refractivity contribution in [2.45, 2.75) is 45.1 Å². The lowest BCUT2D eigenvalue weighted by Gasteiger charge is -2.21. The third kappa shape index (κ3) is 3.63. The van der Waals surface area contributed by atoms with Crippen LogP contribution in [0.3, 0.4) is 0 Å². The van der Waals surface area contributed by atoms with Gasteiger partial charge in [-0.2, -0.15) is 0 Å². The van der Waals surface area contributed by atoms with Crippen LogP contribution in [0.2, 0.25) is 5.02 Å². The van der Waals surface area contributed by atoms with Crippen molar-refractivity contribution in [2.24, 2.45) is 5.92 Å². The van der Waals surface area contributed by atoms with E-state index >= 15 is 0 Å². The lowest BCUT2D eigenvalue weighted by molar-refractivity contribution is 0.234. The Morgan fingerprint density at radius 3 is 2.72 bits per heavy atom. The second-order valence-electron chi connectivity index (χ2n) is 5.02. The molecule has 0 bridgehead atoms. The summed E-state index contributed by atoms with van der Waals surface area (Å²) in [5.41, 5.74) is 0.697. The van der Waals surface area contributed by atoms with Crippen molar-refractivity contribution in [3.63, 3.8) is 0 Å². The fraction of sp³-hybridized carbons (Fsp3) is 0.600. The molecular weight excluding hydrogens is 248 g/mol. The normalized spacial score (nSPS) is 16.8. The van der Waals surface area contributed by atoms with Gasteiger partial charge in [-0.05, 0) is 24.5 Å². The standard InChI is InChI=1S/C15H21ClO2/c16-14-7-4-8-15(13(14)11-17)18-10-9-12-5-2-1-3-6-12/h4,7-8,12,17H,1-3,5-6,9-11H2. The zero-order valence-corrected chi connectivity index (χ0v) is 11.5. The minimum Gasteiger partial charge on any atom is -0.493 e. The molecule has 2 rings (SSSR count). The summed E-state index contributed by atoms with van der Waals surface area (Å²) in [5.74, 6) is 1.54. The molecule has 0 unspecified atom stereocenters. The number of ether oxygens (including phenoxy) is 1. The van der Waals surface area contributed by atoms with Crippen molar-refractivity contribution in [2.75, 3.05) is 6.61 Å². The van der Waals surface area contributed by atoms with Crippen molar-refractivity contribution in [1.29, 1.82) is 0 Å². The molecule has 0 aliphatic heterocycles. The molecule has 1 saturated carbocycles. The van der Waals surface area contributed by atoms with Crippen LogP contribution >= 0.6 is 11.6 Å². The molecule has 0 atom stereocenters. The van der Waals surface area contributed by atoms with Crippen LogP contribution in [-0.2, 0) is 6.61 Å². The summed E-state index contributed by atoms with van der Waals surface area (Å²) in [6.45, 7) is 0.649. The van der Waals surface area contributed by atoms with Gasteiger partial charge in [-0.3, -0.25) is 0 Å². The maximum absolute atomic E-state index is 9.28. The molecule has 1 aromatic carbocycles. The van der Waals surface area contributed by atoms with E-state index in [9.17, 15) is 5.11 Å². The number of halogens is 1. The van der Waals surface area contributed by atoms with E-state index in [0.717, 1.165) is 24.7 Å². The van der Waals surface area contributed by atoms with Gasteiger partial charge in [-0.15, -0.1) is 0 Å². The third-order valence-corrected chi connectivity index (χ3v) is 4.10. The van der Waals surface area contributed by atoms with Crippen LogP contribution in [0.25, 0.3) is 0 Å². The van der Waals surface area contributed by atoms with E-state index in [-0.39, 0.29) is 6.61 Å². The van der Waals surface area contributed by atoms with Gasteiger partial charge in [-0.1, -0.05) is 49.8 Å². The van der Waals surface area contributed by atoms with Gasteiger partial charge >= 0.3 is 0 Å². The fourth-order valence-electron chi connectivity index (χ4n) is 2.64. The van der Waals surface area contributed by atoms with Gasteiger partial charge in [-0.25, -0.2) is 0 Å². The SMILES string of the molecule is OCc1c(Cl)cccc1OCCC1CCCCC1. The summed E-state index contributed by atoms with van der Waals surface area (Å²) in [6, 6.07) is 5.51. The largest absolute Gasteiger partial charge is 0.493 e. The Morgan fingerprint density at radius 2 is 2.00 bits per heavy atom. The molecule has 2 nitrogen and oxygen atoms in total. The molecule has 0 amide bonds. The Labute approximate surface area is 114 Å². The van der Waals surface area contributed by atoms with E-state index in [0.29, 0.717) is 10.6 Å². The first-order chi connectivity index (χ1) is 8.81. The van der Waals surface area contributed by atoms with E-state index in [2.05, 4.69) is 0 Å². The molecule has 0 aromatic heterocycles. The molecule has 0 radical (unpaired) electrons. The predicted molar refractivity (Wildman–Crippen MR) is 74.1 cm³/mol. The van der Waals surface area contributed by atoms with Crippen LogP contribution in [0.4, 0.5) is 0 Å². The predicted octanol–water partition coefficient (Wildman–Crippen LogP) is 4.18. The van der Waals surface area contributed by atoms with Gasteiger partial charge in [0.05, 0.1) is 13.2 Å². The van der Waals surface area contributed by atoms with Crippen LogP contribution in [-0.4, -0.2) is 11.7 Å². The van der Waals surface area contributed by atoms with Crippen LogP contribution in [0.15, 0.2) is 18.2 Å². The summed E-state index contributed by atoms with van der Waals surface area (Å²) in [7, 11) is 0. The van der Waals surface area contributed by atoms with Crippen LogP contribution in [0, 0.1) is 5.92 Å². The molecular formula is C15H21ClO2. The summed E-state index contributed by atoms with van der Waals surface area (Å²) < 4.78 is 5.77. The monoisotopic (exact) mass is 268 g/mol. The first-order valence-corrected chi connectivity index (χ1v) is 7.20. The van der Waals surface area contributed by atoms with Crippen molar-refractivity contribution in [1.82, 2.24) is 0 Å². The molecule has 1 aliphatic rings. The lowest BCUT2D eigenvalue weighted by Crippen LogP contribution is -2.11. The minimum absolute atomic E-state index is 0.0710. The number of hydrogen-bond acceptors (Lipinski definition) is 2. The summed E-state index contributed by atoms with van der Waals surface area (Å²) in [4.78, 5) is 0. The average Bonchev–Trinajstić information content (AvgIpc) is 2.40. The quantitative estimate of drug-likeness (QED) is 0.868. The highest BCUT2D eigenvalue weighted by atomic mass is 35.5. The second kappa shape index (κ2) is 7.01.